The van der Waals surface area contributed by atoms with Gasteiger partial charge in [0.05, 0.1) is 32.0 Å². The molecule has 0 aromatic heterocycles. The molecular weight excluding hydrogens is 1070 g/mol. The Labute approximate surface area is 529 Å². The fourth-order valence-corrected chi connectivity index (χ4v) is 11.6. The Hall–Kier alpha value is -2.38. The normalized spacial score (nSPS) is 18.2. The van der Waals surface area contributed by atoms with Gasteiger partial charge in [-0.1, -0.05) is 313 Å². The summed E-state index contributed by atoms with van der Waals surface area (Å²) in [6.07, 6.45) is 74.3. The molecule has 0 aromatic carbocycles. The number of carbonyl (C=O) groups is 2. The second kappa shape index (κ2) is 64.2. The van der Waals surface area contributed by atoms with Gasteiger partial charge in [-0.05, 0) is 77.0 Å². The zero-order valence-corrected chi connectivity index (χ0v) is 56.0. The minimum atomic E-state index is -1.58. The van der Waals surface area contributed by atoms with E-state index < -0.39 is 49.5 Å². The summed E-state index contributed by atoms with van der Waals surface area (Å²) in [5.41, 5.74) is 0. The van der Waals surface area contributed by atoms with Gasteiger partial charge in [0, 0.05) is 12.8 Å². The Balaban J connectivity index is 1.90. The molecule has 504 valence electrons. The van der Waals surface area contributed by atoms with Crippen LogP contribution in [0, 0.1) is 0 Å². The molecule has 7 unspecified atom stereocenters. The van der Waals surface area contributed by atoms with Crippen LogP contribution in [0.4, 0.5) is 0 Å². The van der Waals surface area contributed by atoms with Gasteiger partial charge in [0.1, 0.15) is 24.4 Å². The Morgan fingerprint density at radius 1 is 0.430 bits per heavy atom. The quantitative estimate of drug-likeness (QED) is 0.0195. The molecule has 0 aliphatic carbocycles. The van der Waals surface area contributed by atoms with Gasteiger partial charge in [0.2, 0.25) is 5.91 Å². The third-order valence-corrected chi connectivity index (χ3v) is 17.4. The molecule has 11 heteroatoms. The number of allylic oxidation sites excluding steroid dienone is 7. The van der Waals surface area contributed by atoms with Gasteiger partial charge in [-0.2, -0.15) is 0 Å². The summed E-state index contributed by atoms with van der Waals surface area (Å²) in [7, 11) is 0. The molecule has 1 fully saturated rings. The highest BCUT2D eigenvalue weighted by Crippen LogP contribution is 2.23. The first-order valence-electron chi connectivity index (χ1n) is 36.9. The predicted molar refractivity (Wildman–Crippen MR) is 361 cm³/mol. The van der Waals surface area contributed by atoms with Gasteiger partial charge < -0.3 is 45.1 Å². The number of ether oxygens (including phenoxy) is 3. The average molecular weight is 1210 g/mol. The van der Waals surface area contributed by atoms with Crippen LogP contribution in [0.1, 0.15) is 354 Å². The van der Waals surface area contributed by atoms with Crippen molar-refractivity contribution in [1.82, 2.24) is 5.32 Å². The molecule has 1 saturated heterocycles. The number of rotatable bonds is 65. The first kappa shape index (κ1) is 81.6. The van der Waals surface area contributed by atoms with Crippen LogP contribution < -0.4 is 5.32 Å². The molecule has 0 bridgehead atoms. The van der Waals surface area contributed by atoms with Crippen LogP contribution in [0.15, 0.2) is 48.6 Å². The lowest BCUT2D eigenvalue weighted by Gasteiger charge is -2.40. The number of hydrogen-bond donors (Lipinski definition) is 6. The van der Waals surface area contributed by atoms with E-state index in [2.05, 4.69) is 55.6 Å². The average Bonchev–Trinajstić information content (AvgIpc) is 3.02. The number of amides is 1. The largest absolute Gasteiger partial charge is 0.466 e. The van der Waals surface area contributed by atoms with Crippen molar-refractivity contribution in [2.24, 2.45) is 0 Å². The Kier molecular flexibility index (Phi) is 60.9. The summed E-state index contributed by atoms with van der Waals surface area (Å²) in [6.45, 7) is 4.31. The highest BCUT2D eigenvalue weighted by molar-refractivity contribution is 5.76. The number of esters is 1. The molecular formula is C75H139NO10. The van der Waals surface area contributed by atoms with Crippen LogP contribution in [0.5, 0.6) is 0 Å². The van der Waals surface area contributed by atoms with E-state index in [9.17, 15) is 35.1 Å². The van der Waals surface area contributed by atoms with Gasteiger partial charge in [-0.25, -0.2) is 0 Å². The van der Waals surface area contributed by atoms with Gasteiger partial charge in [-0.15, -0.1) is 0 Å². The maximum Gasteiger partial charge on any atom is 0.305 e. The van der Waals surface area contributed by atoms with Gasteiger partial charge in [0.25, 0.3) is 0 Å². The van der Waals surface area contributed by atoms with Crippen molar-refractivity contribution in [1.29, 1.82) is 0 Å². The van der Waals surface area contributed by atoms with Gasteiger partial charge >= 0.3 is 5.97 Å². The predicted octanol–water partition coefficient (Wildman–Crippen LogP) is 19.1. The topological polar surface area (TPSA) is 175 Å². The minimum absolute atomic E-state index is 0.0103. The third-order valence-electron chi connectivity index (χ3n) is 17.4. The molecule has 0 radical (unpaired) electrons. The van der Waals surface area contributed by atoms with Crippen LogP contribution in [-0.2, 0) is 23.8 Å². The van der Waals surface area contributed by atoms with Gasteiger partial charge in [0.15, 0.2) is 6.29 Å². The zero-order chi connectivity index (χ0) is 62.3. The number of hydrogen-bond acceptors (Lipinski definition) is 10. The van der Waals surface area contributed by atoms with Crippen molar-refractivity contribution < 1.29 is 49.3 Å². The van der Waals surface area contributed by atoms with E-state index in [1.165, 1.54) is 270 Å². The maximum atomic E-state index is 13.0. The lowest BCUT2D eigenvalue weighted by Crippen LogP contribution is -2.60. The molecule has 11 nitrogen and oxygen atoms in total. The molecule has 0 aromatic rings. The fraction of sp³-hybridized carbons (Fsp3) is 0.867. The number of aliphatic hydroxyl groups excluding tert-OH is 5. The molecule has 1 heterocycles. The SMILES string of the molecule is CCCCC/C=C/CC/C=C/C(O)C(COC1OC(CO)C(O)C(O)C1O)NC(=O)CCCCCCCCCCCCCCCCCCC/C=C\C/C=C\CCCCCCCCCCCOC(=O)CCCCCCCCCCCCCCCCCC. The van der Waals surface area contributed by atoms with Crippen molar-refractivity contribution in [2.45, 2.75) is 397 Å². The summed E-state index contributed by atoms with van der Waals surface area (Å²) in [5, 5.41) is 54.3. The highest BCUT2D eigenvalue weighted by atomic mass is 16.7. The monoisotopic (exact) mass is 1210 g/mol. The zero-order valence-electron chi connectivity index (χ0n) is 56.0. The molecule has 1 aliphatic heterocycles. The number of carbonyl (C=O) groups excluding carboxylic acids is 2. The Bertz CT molecular complexity index is 1570. The number of aliphatic hydroxyl groups is 5. The van der Waals surface area contributed by atoms with E-state index in [-0.39, 0.29) is 18.5 Å². The van der Waals surface area contributed by atoms with Crippen molar-refractivity contribution in [3.8, 4) is 0 Å². The summed E-state index contributed by atoms with van der Waals surface area (Å²) < 4.78 is 16.7. The van der Waals surface area contributed by atoms with Crippen molar-refractivity contribution >= 4 is 11.9 Å². The molecule has 0 saturated carbocycles. The van der Waals surface area contributed by atoms with Gasteiger partial charge in [-0.3, -0.25) is 9.59 Å². The van der Waals surface area contributed by atoms with Crippen LogP contribution in [0.25, 0.3) is 0 Å². The van der Waals surface area contributed by atoms with Crippen molar-refractivity contribution in [3.05, 3.63) is 48.6 Å². The summed E-state index contributed by atoms with van der Waals surface area (Å²) >= 11 is 0. The third kappa shape index (κ3) is 52.4. The summed E-state index contributed by atoms with van der Waals surface area (Å²) in [5.74, 6) is -0.181. The Morgan fingerprint density at radius 2 is 0.791 bits per heavy atom. The maximum absolute atomic E-state index is 13.0. The number of unbranched alkanes of at least 4 members (excludes halogenated alkanes) is 45. The van der Waals surface area contributed by atoms with Crippen molar-refractivity contribution in [2.75, 3.05) is 19.8 Å². The van der Waals surface area contributed by atoms with Crippen LogP contribution >= 0.6 is 0 Å². The first-order chi connectivity index (χ1) is 42.2. The fourth-order valence-electron chi connectivity index (χ4n) is 11.6. The second-order valence-corrected chi connectivity index (χ2v) is 25.6. The highest BCUT2D eigenvalue weighted by Gasteiger charge is 2.44. The first-order valence-corrected chi connectivity index (χ1v) is 36.9. The molecule has 1 aliphatic rings. The van der Waals surface area contributed by atoms with E-state index in [4.69, 9.17) is 14.2 Å². The summed E-state index contributed by atoms with van der Waals surface area (Å²) in [6, 6.07) is -0.825. The minimum Gasteiger partial charge on any atom is -0.466 e. The standard InChI is InChI=1S/C75H139NO10/c1-3-5-7-9-11-13-14-15-16-37-40-43-47-51-55-59-63-71(80)84-64-60-56-52-48-44-41-38-35-33-31-29-27-25-23-21-19-17-18-20-22-24-26-28-30-32-34-36-39-42-46-50-54-58-62-70(79)76-67(68(78)61-57-53-49-45-12-10-8-6-4-2)66-85-75-74(83)73(82)72(81)69(65-77)86-75/h12,21,23,27,29,45,57,61,67-69,72-75,77-78,81-83H,3-11,13-20,22,24-26,28,30-44,46-56,58-60,62-66H2,1-2H3,(H,76,79)/b23-21-,29-27-,45-12+,61-57+. The molecule has 1 amide bonds. The van der Waals surface area contributed by atoms with E-state index in [0.29, 0.717) is 19.4 Å². The molecule has 7 atom stereocenters. The molecule has 6 N–H and O–H groups in total. The molecule has 0 spiro atoms. The van der Waals surface area contributed by atoms with Crippen LogP contribution in [0.2, 0.25) is 0 Å². The summed E-state index contributed by atoms with van der Waals surface area (Å²) in [4.78, 5) is 25.1. The smallest absolute Gasteiger partial charge is 0.305 e. The second-order valence-electron chi connectivity index (χ2n) is 25.6. The molecule has 86 heavy (non-hydrogen) atoms. The van der Waals surface area contributed by atoms with Crippen molar-refractivity contribution in [3.63, 3.8) is 0 Å². The van der Waals surface area contributed by atoms with E-state index in [0.717, 1.165) is 57.8 Å². The lowest BCUT2D eigenvalue weighted by atomic mass is 9.99. The van der Waals surface area contributed by atoms with E-state index >= 15 is 0 Å². The lowest BCUT2D eigenvalue weighted by molar-refractivity contribution is -0.302. The van der Waals surface area contributed by atoms with E-state index in [1.54, 1.807) is 6.08 Å². The molecule has 1 rings (SSSR count). The van der Waals surface area contributed by atoms with Crippen LogP contribution in [0.3, 0.4) is 0 Å². The van der Waals surface area contributed by atoms with Crippen LogP contribution in [-0.4, -0.2) is 100 Å². The van der Waals surface area contributed by atoms with E-state index in [1.807, 2.05) is 6.08 Å². The Morgan fingerprint density at radius 3 is 1.24 bits per heavy atom. The number of nitrogens with one attached hydrogen (secondary N) is 1.